The van der Waals surface area contributed by atoms with Gasteiger partial charge in [0, 0.05) is 18.1 Å². The number of carbonyl (C=O) groups is 1. The van der Waals surface area contributed by atoms with E-state index in [1.807, 2.05) is 11.9 Å². The van der Waals surface area contributed by atoms with Gasteiger partial charge in [-0.15, -0.1) is 0 Å². The van der Waals surface area contributed by atoms with Crippen LogP contribution in [0.1, 0.15) is 32.6 Å². The molecule has 1 saturated carbocycles. The van der Waals surface area contributed by atoms with Crippen LogP contribution in [0.2, 0.25) is 5.02 Å². The quantitative estimate of drug-likeness (QED) is 0.845. The predicted octanol–water partition coefficient (Wildman–Crippen LogP) is 3.51. The van der Waals surface area contributed by atoms with Gasteiger partial charge in [-0.2, -0.15) is 0 Å². The number of hydrogen-bond acceptors (Lipinski definition) is 2. The molecule has 0 radical (unpaired) electrons. The first kappa shape index (κ1) is 14.2. The smallest absolute Gasteiger partial charge is 0.263 e. The maximum atomic E-state index is 12.3. The van der Waals surface area contributed by atoms with Crippen molar-refractivity contribution in [2.45, 2.75) is 44.8 Å². The van der Waals surface area contributed by atoms with Crippen molar-refractivity contribution in [2.75, 3.05) is 7.05 Å². The fourth-order valence-corrected chi connectivity index (χ4v) is 2.65. The summed E-state index contributed by atoms with van der Waals surface area (Å²) >= 11 is 5.82. The number of halogens is 1. The SMILES string of the molecule is CC(Oc1ccc(Cl)cc1)C(=O)N(C)C1CCCC1. The normalized spacial score (nSPS) is 17.2. The van der Waals surface area contributed by atoms with Crippen molar-refractivity contribution in [3.8, 4) is 5.75 Å². The zero-order valence-electron chi connectivity index (χ0n) is 11.4. The molecule has 0 aliphatic heterocycles. The maximum absolute atomic E-state index is 12.3. The minimum Gasteiger partial charge on any atom is -0.481 e. The van der Waals surface area contributed by atoms with Gasteiger partial charge >= 0.3 is 0 Å². The first-order chi connectivity index (χ1) is 9.08. The van der Waals surface area contributed by atoms with Gasteiger partial charge in [-0.3, -0.25) is 4.79 Å². The van der Waals surface area contributed by atoms with E-state index in [9.17, 15) is 4.79 Å². The topological polar surface area (TPSA) is 29.5 Å². The highest BCUT2D eigenvalue weighted by Crippen LogP contribution is 2.23. The summed E-state index contributed by atoms with van der Waals surface area (Å²) in [7, 11) is 1.88. The summed E-state index contributed by atoms with van der Waals surface area (Å²) in [6, 6.07) is 7.45. The lowest BCUT2D eigenvalue weighted by Gasteiger charge is -2.27. The third-order valence-corrected chi connectivity index (χ3v) is 3.95. The Kier molecular flexibility index (Phi) is 4.70. The average molecular weight is 282 g/mol. The molecule has 0 saturated heterocycles. The first-order valence-electron chi connectivity index (χ1n) is 6.77. The maximum Gasteiger partial charge on any atom is 0.263 e. The van der Waals surface area contributed by atoms with Crippen molar-refractivity contribution in [3.05, 3.63) is 29.3 Å². The summed E-state index contributed by atoms with van der Waals surface area (Å²) in [5.74, 6) is 0.715. The Balaban J connectivity index is 1.93. The Morgan fingerprint density at radius 1 is 1.32 bits per heavy atom. The molecule has 19 heavy (non-hydrogen) atoms. The highest BCUT2D eigenvalue weighted by molar-refractivity contribution is 6.30. The minimum absolute atomic E-state index is 0.0434. The molecule has 1 unspecified atom stereocenters. The van der Waals surface area contributed by atoms with Crippen molar-refractivity contribution in [3.63, 3.8) is 0 Å². The van der Waals surface area contributed by atoms with Crippen LogP contribution in [-0.4, -0.2) is 30.0 Å². The van der Waals surface area contributed by atoms with Crippen molar-refractivity contribution in [2.24, 2.45) is 0 Å². The van der Waals surface area contributed by atoms with Crippen molar-refractivity contribution in [1.82, 2.24) is 4.90 Å². The van der Waals surface area contributed by atoms with E-state index in [0.29, 0.717) is 16.8 Å². The molecular formula is C15H20ClNO2. The molecule has 104 valence electrons. The van der Waals surface area contributed by atoms with Crippen LogP contribution >= 0.6 is 11.6 Å². The monoisotopic (exact) mass is 281 g/mol. The second-order valence-corrected chi connectivity index (χ2v) is 5.54. The largest absolute Gasteiger partial charge is 0.481 e. The molecule has 0 bridgehead atoms. The summed E-state index contributed by atoms with van der Waals surface area (Å²) in [6.45, 7) is 1.79. The van der Waals surface area contributed by atoms with Gasteiger partial charge in [0.2, 0.25) is 0 Å². The van der Waals surface area contributed by atoms with E-state index < -0.39 is 6.10 Å². The number of hydrogen-bond donors (Lipinski definition) is 0. The zero-order valence-corrected chi connectivity index (χ0v) is 12.2. The van der Waals surface area contributed by atoms with Crippen LogP contribution in [0.4, 0.5) is 0 Å². The van der Waals surface area contributed by atoms with E-state index in [1.54, 1.807) is 31.2 Å². The van der Waals surface area contributed by atoms with E-state index in [4.69, 9.17) is 16.3 Å². The lowest BCUT2D eigenvalue weighted by atomic mass is 10.2. The Hall–Kier alpha value is -1.22. The number of benzene rings is 1. The Bertz CT molecular complexity index is 426. The lowest BCUT2D eigenvalue weighted by molar-refractivity contribution is -0.138. The van der Waals surface area contributed by atoms with Crippen LogP contribution in [0.25, 0.3) is 0 Å². The van der Waals surface area contributed by atoms with Crippen LogP contribution in [0.15, 0.2) is 24.3 Å². The Morgan fingerprint density at radius 3 is 2.47 bits per heavy atom. The fraction of sp³-hybridized carbons (Fsp3) is 0.533. The molecule has 0 aromatic heterocycles. The van der Waals surface area contributed by atoms with Crippen molar-refractivity contribution < 1.29 is 9.53 Å². The molecule has 1 aliphatic rings. The van der Waals surface area contributed by atoms with Gasteiger partial charge in [0.25, 0.3) is 5.91 Å². The minimum atomic E-state index is -0.466. The fourth-order valence-electron chi connectivity index (χ4n) is 2.53. The van der Waals surface area contributed by atoms with Crippen molar-refractivity contribution in [1.29, 1.82) is 0 Å². The molecule has 1 aliphatic carbocycles. The van der Waals surface area contributed by atoms with E-state index in [2.05, 4.69) is 0 Å². The standard InChI is InChI=1S/C15H20ClNO2/c1-11(19-14-9-7-12(16)8-10-14)15(18)17(2)13-5-3-4-6-13/h7-11,13H,3-6H2,1-2H3. The van der Waals surface area contributed by atoms with E-state index in [0.717, 1.165) is 12.8 Å². The summed E-state index contributed by atoms with van der Waals surface area (Å²) < 4.78 is 5.66. The van der Waals surface area contributed by atoms with Crippen LogP contribution in [0.5, 0.6) is 5.75 Å². The number of nitrogens with zero attached hydrogens (tertiary/aromatic N) is 1. The molecule has 0 spiro atoms. The van der Waals surface area contributed by atoms with Gasteiger partial charge in [-0.25, -0.2) is 0 Å². The number of amides is 1. The van der Waals surface area contributed by atoms with Crippen LogP contribution in [0.3, 0.4) is 0 Å². The molecule has 1 atom stereocenters. The molecule has 0 heterocycles. The van der Waals surface area contributed by atoms with Gasteiger partial charge in [0.05, 0.1) is 0 Å². The molecule has 1 amide bonds. The van der Waals surface area contributed by atoms with Gasteiger partial charge in [-0.05, 0) is 44.0 Å². The molecule has 1 aromatic rings. The van der Waals surface area contributed by atoms with Crippen LogP contribution in [0, 0.1) is 0 Å². The van der Waals surface area contributed by atoms with Gasteiger partial charge < -0.3 is 9.64 Å². The van der Waals surface area contributed by atoms with Crippen LogP contribution in [-0.2, 0) is 4.79 Å². The van der Waals surface area contributed by atoms with E-state index >= 15 is 0 Å². The lowest BCUT2D eigenvalue weighted by Crippen LogP contribution is -2.42. The molecule has 2 rings (SSSR count). The average Bonchev–Trinajstić information content (AvgIpc) is 2.93. The zero-order chi connectivity index (χ0) is 13.8. The Labute approximate surface area is 119 Å². The third-order valence-electron chi connectivity index (χ3n) is 3.69. The highest BCUT2D eigenvalue weighted by Gasteiger charge is 2.27. The number of likely N-dealkylation sites (N-methyl/N-ethyl adjacent to an activating group) is 1. The number of rotatable bonds is 4. The van der Waals surface area contributed by atoms with E-state index in [-0.39, 0.29) is 5.91 Å². The number of ether oxygens (including phenoxy) is 1. The molecule has 0 N–H and O–H groups in total. The summed E-state index contributed by atoms with van der Waals surface area (Å²) in [6.07, 6.45) is 4.18. The molecular weight excluding hydrogens is 262 g/mol. The van der Waals surface area contributed by atoms with E-state index in [1.165, 1.54) is 12.8 Å². The Morgan fingerprint density at radius 2 is 1.89 bits per heavy atom. The molecule has 4 heteroatoms. The predicted molar refractivity (Wildman–Crippen MR) is 76.6 cm³/mol. The summed E-state index contributed by atoms with van der Waals surface area (Å²) in [4.78, 5) is 14.1. The summed E-state index contributed by atoms with van der Waals surface area (Å²) in [5.41, 5.74) is 0. The third kappa shape index (κ3) is 3.63. The van der Waals surface area contributed by atoms with Crippen LogP contribution < -0.4 is 4.74 Å². The molecule has 1 fully saturated rings. The van der Waals surface area contributed by atoms with Crippen molar-refractivity contribution >= 4 is 17.5 Å². The second kappa shape index (κ2) is 6.29. The van der Waals surface area contributed by atoms with Gasteiger partial charge in [0.15, 0.2) is 6.10 Å². The van der Waals surface area contributed by atoms with Gasteiger partial charge in [-0.1, -0.05) is 24.4 Å². The molecule has 3 nitrogen and oxygen atoms in total. The highest BCUT2D eigenvalue weighted by atomic mass is 35.5. The number of carbonyl (C=O) groups excluding carboxylic acids is 1. The summed E-state index contributed by atoms with van der Waals surface area (Å²) in [5, 5.41) is 0.661. The van der Waals surface area contributed by atoms with Gasteiger partial charge in [0.1, 0.15) is 5.75 Å². The first-order valence-corrected chi connectivity index (χ1v) is 7.14. The second-order valence-electron chi connectivity index (χ2n) is 5.10. The molecule has 1 aromatic carbocycles.